The molecule has 0 atom stereocenters. The van der Waals surface area contributed by atoms with Gasteiger partial charge in [0.2, 0.25) is 0 Å². The van der Waals surface area contributed by atoms with Crippen molar-refractivity contribution in [2.75, 3.05) is 7.11 Å². The summed E-state index contributed by atoms with van der Waals surface area (Å²) in [6, 6.07) is 10.7. The number of aromatic nitrogens is 1. The van der Waals surface area contributed by atoms with Gasteiger partial charge in [-0.05, 0) is 23.8 Å². The van der Waals surface area contributed by atoms with Gasteiger partial charge in [0.1, 0.15) is 11.6 Å². The lowest BCUT2D eigenvalue weighted by molar-refractivity contribution is 0.0602. The maximum atomic E-state index is 13.3. The molecule has 0 bridgehead atoms. The summed E-state index contributed by atoms with van der Waals surface area (Å²) in [6.07, 6.45) is 1.64. The fourth-order valence-electron chi connectivity index (χ4n) is 2.55. The minimum Gasteiger partial charge on any atom is -0.465 e. The van der Waals surface area contributed by atoms with Gasteiger partial charge in [-0.15, -0.1) is 0 Å². The molecule has 0 spiro atoms. The van der Waals surface area contributed by atoms with Gasteiger partial charge in [-0.2, -0.15) is 0 Å². The van der Waals surface area contributed by atoms with Crippen LogP contribution in [0.3, 0.4) is 0 Å². The predicted molar refractivity (Wildman–Crippen MR) is 78.7 cm³/mol. The number of ether oxygens (including phenoxy) is 1. The highest BCUT2D eigenvalue weighted by atomic mass is 19.1. The van der Waals surface area contributed by atoms with Crippen LogP contribution in [0, 0.1) is 11.6 Å². The summed E-state index contributed by atoms with van der Waals surface area (Å²) in [6.45, 7) is 0.256. The Bertz CT molecular complexity index is 835. The van der Waals surface area contributed by atoms with E-state index in [1.165, 1.54) is 19.2 Å². The molecule has 0 saturated heterocycles. The first kappa shape index (κ1) is 14.3. The molecule has 2 aromatic carbocycles. The first-order valence-corrected chi connectivity index (χ1v) is 6.69. The maximum Gasteiger partial charge on any atom is 0.340 e. The van der Waals surface area contributed by atoms with E-state index in [-0.39, 0.29) is 6.54 Å². The number of para-hydroxylation sites is 1. The quantitative estimate of drug-likeness (QED) is 0.690. The molecular weight excluding hydrogens is 288 g/mol. The van der Waals surface area contributed by atoms with Gasteiger partial charge in [0.15, 0.2) is 0 Å². The average Bonchev–Trinajstić information content (AvgIpc) is 2.84. The van der Waals surface area contributed by atoms with Crippen molar-refractivity contribution in [3.8, 4) is 0 Å². The molecule has 1 heterocycles. The summed E-state index contributed by atoms with van der Waals surface area (Å²) in [5.41, 5.74) is 1.71. The second kappa shape index (κ2) is 5.60. The average molecular weight is 301 g/mol. The van der Waals surface area contributed by atoms with Gasteiger partial charge in [0.25, 0.3) is 0 Å². The Morgan fingerprint density at radius 1 is 1.14 bits per heavy atom. The number of nitrogens with zero attached hydrogens (tertiary/aromatic N) is 1. The Hall–Kier alpha value is -2.69. The Labute approximate surface area is 125 Å². The van der Waals surface area contributed by atoms with E-state index in [0.29, 0.717) is 11.1 Å². The molecule has 0 aliphatic rings. The molecule has 3 nitrogen and oxygen atoms in total. The zero-order valence-electron chi connectivity index (χ0n) is 11.8. The lowest BCUT2D eigenvalue weighted by Crippen LogP contribution is -2.01. The van der Waals surface area contributed by atoms with Crippen LogP contribution in [0.2, 0.25) is 0 Å². The van der Waals surface area contributed by atoms with E-state index in [1.807, 2.05) is 24.3 Å². The standard InChI is InChI=1S/C17H13F2NO2/c1-22-17(21)15-10-20(16-5-3-2-4-14(15)16)9-11-6-12(18)8-13(19)7-11/h2-8,10H,9H2,1H3. The second-order valence-electron chi connectivity index (χ2n) is 4.96. The Kier molecular flexibility index (Phi) is 3.63. The van der Waals surface area contributed by atoms with Crippen molar-refractivity contribution >= 4 is 16.9 Å². The van der Waals surface area contributed by atoms with E-state index in [4.69, 9.17) is 4.74 Å². The molecule has 3 aromatic rings. The third-order valence-electron chi connectivity index (χ3n) is 3.47. The van der Waals surface area contributed by atoms with Crippen molar-refractivity contribution in [2.45, 2.75) is 6.54 Å². The van der Waals surface area contributed by atoms with Crippen LogP contribution in [-0.2, 0) is 11.3 Å². The van der Waals surface area contributed by atoms with Crippen LogP contribution in [0.5, 0.6) is 0 Å². The maximum absolute atomic E-state index is 13.3. The molecule has 0 aliphatic heterocycles. The summed E-state index contributed by atoms with van der Waals surface area (Å²) in [5.74, 6) is -1.69. The van der Waals surface area contributed by atoms with Crippen LogP contribution < -0.4 is 0 Å². The third kappa shape index (κ3) is 2.57. The number of fused-ring (bicyclic) bond motifs is 1. The van der Waals surface area contributed by atoms with Gasteiger partial charge in [-0.3, -0.25) is 0 Å². The molecule has 0 amide bonds. The minimum absolute atomic E-state index is 0.256. The monoisotopic (exact) mass is 301 g/mol. The van der Waals surface area contributed by atoms with Crippen molar-refractivity contribution in [2.24, 2.45) is 0 Å². The van der Waals surface area contributed by atoms with E-state index < -0.39 is 17.6 Å². The lowest BCUT2D eigenvalue weighted by atomic mass is 10.2. The van der Waals surface area contributed by atoms with Crippen molar-refractivity contribution in [1.82, 2.24) is 4.57 Å². The first-order chi connectivity index (χ1) is 10.6. The van der Waals surface area contributed by atoms with Gasteiger partial charge >= 0.3 is 5.97 Å². The number of halogens is 2. The smallest absolute Gasteiger partial charge is 0.340 e. The van der Waals surface area contributed by atoms with Gasteiger partial charge in [-0.25, -0.2) is 13.6 Å². The highest BCUT2D eigenvalue weighted by Gasteiger charge is 2.15. The van der Waals surface area contributed by atoms with E-state index in [2.05, 4.69) is 0 Å². The largest absolute Gasteiger partial charge is 0.465 e. The predicted octanol–water partition coefficient (Wildman–Crippen LogP) is 3.75. The molecule has 0 unspecified atom stereocenters. The van der Waals surface area contributed by atoms with Crippen molar-refractivity contribution in [3.63, 3.8) is 0 Å². The van der Waals surface area contributed by atoms with Crippen LogP contribution in [0.25, 0.3) is 10.9 Å². The van der Waals surface area contributed by atoms with Crippen molar-refractivity contribution in [3.05, 3.63) is 71.4 Å². The molecule has 5 heteroatoms. The fourth-order valence-corrected chi connectivity index (χ4v) is 2.55. The second-order valence-corrected chi connectivity index (χ2v) is 4.96. The summed E-state index contributed by atoms with van der Waals surface area (Å²) >= 11 is 0. The summed E-state index contributed by atoms with van der Waals surface area (Å²) < 4.78 is 33.2. The molecule has 1 aromatic heterocycles. The van der Waals surface area contributed by atoms with Crippen LogP contribution in [-0.4, -0.2) is 17.6 Å². The molecule has 112 valence electrons. The number of benzene rings is 2. The van der Waals surface area contributed by atoms with Gasteiger partial charge in [-0.1, -0.05) is 18.2 Å². The normalized spacial score (nSPS) is 10.9. The molecule has 0 N–H and O–H groups in total. The number of rotatable bonds is 3. The van der Waals surface area contributed by atoms with Crippen LogP contribution in [0.4, 0.5) is 8.78 Å². The highest BCUT2D eigenvalue weighted by molar-refractivity contribution is 6.04. The van der Waals surface area contributed by atoms with Crippen molar-refractivity contribution in [1.29, 1.82) is 0 Å². The van der Waals surface area contributed by atoms with Gasteiger partial charge < -0.3 is 9.30 Å². The fraction of sp³-hybridized carbons (Fsp3) is 0.118. The van der Waals surface area contributed by atoms with E-state index in [0.717, 1.165) is 17.0 Å². The van der Waals surface area contributed by atoms with Crippen LogP contribution in [0.1, 0.15) is 15.9 Å². The number of hydrogen-bond acceptors (Lipinski definition) is 2. The summed E-state index contributed by atoms with van der Waals surface area (Å²) in [5, 5.41) is 0.742. The van der Waals surface area contributed by atoms with Gasteiger partial charge in [0, 0.05) is 29.7 Å². The summed E-state index contributed by atoms with van der Waals surface area (Å²) in [7, 11) is 1.32. The van der Waals surface area contributed by atoms with E-state index in [1.54, 1.807) is 10.8 Å². The molecule has 0 aliphatic carbocycles. The molecular formula is C17H13F2NO2. The topological polar surface area (TPSA) is 31.2 Å². The molecule has 0 saturated carbocycles. The Balaban J connectivity index is 2.09. The number of methoxy groups -OCH3 is 1. The number of esters is 1. The summed E-state index contributed by atoms with van der Waals surface area (Å²) in [4.78, 5) is 11.8. The van der Waals surface area contributed by atoms with Crippen molar-refractivity contribution < 1.29 is 18.3 Å². The SMILES string of the molecule is COC(=O)c1cn(Cc2cc(F)cc(F)c2)c2ccccc12. The van der Waals surface area contributed by atoms with E-state index in [9.17, 15) is 13.6 Å². The zero-order chi connectivity index (χ0) is 15.7. The third-order valence-corrected chi connectivity index (χ3v) is 3.47. The number of carbonyl (C=O) groups excluding carboxylic acids is 1. The van der Waals surface area contributed by atoms with Gasteiger partial charge in [0.05, 0.1) is 12.7 Å². The molecule has 22 heavy (non-hydrogen) atoms. The van der Waals surface area contributed by atoms with E-state index >= 15 is 0 Å². The molecule has 0 fully saturated rings. The number of hydrogen-bond donors (Lipinski definition) is 0. The Morgan fingerprint density at radius 2 is 1.82 bits per heavy atom. The Morgan fingerprint density at radius 3 is 2.50 bits per heavy atom. The van der Waals surface area contributed by atoms with Crippen LogP contribution >= 0.6 is 0 Å². The van der Waals surface area contributed by atoms with Crippen LogP contribution in [0.15, 0.2) is 48.7 Å². The first-order valence-electron chi connectivity index (χ1n) is 6.69. The lowest BCUT2D eigenvalue weighted by Gasteiger charge is -2.06. The highest BCUT2D eigenvalue weighted by Crippen LogP contribution is 2.23. The number of carbonyl (C=O) groups is 1. The molecule has 0 radical (unpaired) electrons. The zero-order valence-corrected chi connectivity index (χ0v) is 11.8. The minimum atomic E-state index is -0.625. The molecule has 3 rings (SSSR count).